The third-order valence-corrected chi connectivity index (χ3v) is 10.5. The molecule has 2 fully saturated rings. The molecule has 0 spiro atoms. The van der Waals surface area contributed by atoms with Crippen LogP contribution in [-0.2, 0) is 4.74 Å². The number of allylic oxidation sites excluding steroid dienone is 3. The molecule has 0 amide bonds. The number of rotatable bonds is 3. The van der Waals surface area contributed by atoms with Crippen molar-refractivity contribution in [1.82, 2.24) is 14.5 Å². The number of fused-ring (bicyclic) bond motifs is 6. The van der Waals surface area contributed by atoms with Gasteiger partial charge >= 0.3 is 5.97 Å². The summed E-state index contributed by atoms with van der Waals surface area (Å²) in [4.78, 5) is 21.4. The van der Waals surface area contributed by atoms with Gasteiger partial charge in [-0.05, 0) is 86.0 Å². The molecule has 0 bridgehead atoms. The van der Waals surface area contributed by atoms with Gasteiger partial charge < -0.3 is 9.30 Å². The van der Waals surface area contributed by atoms with Crippen LogP contribution < -0.4 is 0 Å². The van der Waals surface area contributed by atoms with Gasteiger partial charge in [0.05, 0.1) is 16.6 Å². The number of aromatic nitrogens is 3. The molecule has 1 aromatic carbocycles. The maximum Gasteiger partial charge on any atom is 0.338 e. The largest absolute Gasteiger partial charge is 0.458 e. The molecule has 0 saturated heterocycles. The van der Waals surface area contributed by atoms with Crippen LogP contribution in [-0.4, -0.2) is 26.6 Å². The zero-order valence-corrected chi connectivity index (χ0v) is 21.8. The summed E-state index contributed by atoms with van der Waals surface area (Å²) in [5, 5.41) is 0. The Bertz CT molecular complexity index is 1420. The number of hydrogen-bond donors (Lipinski definition) is 0. The van der Waals surface area contributed by atoms with Gasteiger partial charge in [0, 0.05) is 29.9 Å². The molecule has 190 valence electrons. The van der Waals surface area contributed by atoms with Crippen LogP contribution in [0.25, 0.3) is 16.7 Å². The number of pyridine rings is 1. The Hall–Kier alpha value is -3.21. The smallest absolute Gasteiger partial charge is 0.338 e. The van der Waals surface area contributed by atoms with Gasteiger partial charge in [0.15, 0.2) is 0 Å². The fourth-order valence-electron chi connectivity index (χ4n) is 8.50. The van der Waals surface area contributed by atoms with Crippen molar-refractivity contribution < 1.29 is 9.53 Å². The first kappa shape index (κ1) is 22.9. The molecule has 2 aromatic heterocycles. The van der Waals surface area contributed by atoms with Crippen LogP contribution in [0.4, 0.5) is 0 Å². The number of para-hydroxylation sites is 2. The maximum atomic E-state index is 12.7. The van der Waals surface area contributed by atoms with E-state index >= 15 is 0 Å². The number of imidazole rings is 1. The molecule has 5 heteroatoms. The van der Waals surface area contributed by atoms with Crippen LogP contribution >= 0.6 is 0 Å². The highest BCUT2D eigenvalue weighted by atomic mass is 16.5. The van der Waals surface area contributed by atoms with Crippen molar-refractivity contribution in [1.29, 1.82) is 0 Å². The standard InChI is InChI=1S/C32H35N3O2/c1-31-15-11-23(37-30(36)21-13-17-33-18-14-21)19-22(31)7-8-24-25-9-10-29(32(25,2)16-12-26(24)31)35-20-34-27-5-3-4-6-28(27)35/h3-7,10,13-14,17-18,20,23-26H,8-9,11-12,15-16,19H2,1-2H3/t23-,24-,25-,26-,31-,32-/m0/s1. The van der Waals surface area contributed by atoms with Gasteiger partial charge in [0.25, 0.3) is 0 Å². The lowest BCUT2D eigenvalue weighted by molar-refractivity contribution is -0.0315. The molecule has 4 aliphatic carbocycles. The predicted octanol–water partition coefficient (Wildman–Crippen LogP) is 7.07. The van der Waals surface area contributed by atoms with Crippen LogP contribution in [0.3, 0.4) is 0 Å². The third kappa shape index (κ3) is 3.46. The molecule has 2 heterocycles. The fourth-order valence-corrected chi connectivity index (χ4v) is 8.50. The Labute approximate surface area is 218 Å². The van der Waals surface area contributed by atoms with E-state index in [1.54, 1.807) is 24.5 Å². The van der Waals surface area contributed by atoms with Crippen molar-refractivity contribution in [2.75, 3.05) is 0 Å². The first-order chi connectivity index (χ1) is 18.0. The molecule has 6 atom stereocenters. The summed E-state index contributed by atoms with van der Waals surface area (Å²) in [6.45, 7) is 5.02. The minimum Gasteiger partial charge on any atom is -0.458 e. The van der Waals surface area contributed by atoms with E-state index in [2.05, 4.69) is 59.8 Å². The summed E-state index contributed by atoms with van der Waals surface area (Å²) >= 11 is 0. The van der Waals surface area contributed by atoms with E-state index in [0.717, 1.165) is 37.6 Å². The normalized spacial score (nSPS) is 34.6. The van der Waals surface area contributed by atoms with Crippen molar-refractivity contribution in [3.8, 4) is 0 Å². The number of ether oxygens (including phenoxy) is 1. The predicted molar refractivity (Wildman–Crippen MR) is 145 cm³/mol. The molecule has 3 aromatic rings. The molecule has 4 aliphatic rings. The van der Waals surface area contributed by atoms with Crippen molar-refractivity contribution in [2.24, 2.45) is 28.6 Å². The molecule has 5 nitrogen and oxygen atoms in total. The van der Waals surface area contributed by atoms with E-state index in [1.807, 2.05) is 6.33 Å². The Balaban J connectivity index is 1.11. The Morgan fingerprint density at radius 2 is 1.78 bits per heavy atom. The van der Waals surface area contributed by atoms with Crippen LogP contribution in [0.15, 0.2) is 72.8 Å². The van der Waals surface area contributed by atoms with Crippen LogP contribution in [0.1, 0.15) is 69.2 Å². The second-order valence-electron chi connectivity index (χ2n) is 12.1. The van der Waals surface area contributed by atoms with Gasteiger partial charge in [-0.1, -0.05) is 43.7 Å². The molecule has 7 rings (SSSR count). The van der Waals surface area contributed by atoms with Gasteiger partial charge in [-0.3, -0.25) is 4.98 Å². The van der Waals surface area contributed by atoms with E-state index in [4.69, 9.17) is 9.72 Å². The first-order valence-electron chi connectivity index (χ1n) is 13.9. The number of hydrogen-bond acceptors (Lipinski definition) is 4. The molecule has 2 saturated carbocycles. The SMILES string of the molecule is C[C@]12CC[C@H](OC(=O)c3ccncc3)CC1=CC[C@@H]1[C@@H]2CC[C@]2(C)C(n3cnc4ccccc43)=CC[C@@H]12. The third-order valence-electron chi connectivity index (χ3n) is 10.5. The van der Waals surface area contributed by atoms with E-state index in [-0.39, 0.29) is 22.9 Å². The van der Waals surface area contributed by atoms with Gasteiger partial charge in [-0.15, -0.1) is 0 Å². The monoisotopic (exact) mass is 493 g/mol. The van der Waals surface area contributed by atoms with Crippen molar-refractivity contribution >= 4 is 22.7 Å². The Morgan fingerprint density at radius 3 is 2.65 bits per heavy atom. The minimum atomic E-state index is -0.227. The summed E-state index contributed by atoms with van der Waals surface area (Å²) in [6.07, 6.45) is 18.1. The lowest BCUT2D eigenvalue weighted by atomic mass is 9.47. The van der Waals surface area contributed by atoms with Crippen LogP contribution in [0.2, 0.25) is 0 Å². The average Bonchev–Trinajstić information content (AvgIpc) is 3.49. The zero-order chi connectivity index (χ0) is 25.2. The molecular formula is C32H35N3O2. The minimum absolute atomic E-state index is 0.0281. The Kier molecular flexibility index (Phi) is 5.21. The number of carbonyl (C=O) groups excluding carboxylic acids is 1. The average molecular weight is 494 g/mol. The quantitative estimate of drug-likeness (QED) is 0.289. The fraction of sp³-hybridized carbons (Fsp3) is 0.469. The molecule has 0 radical (unpaired) electrons. The number of carbonyl (C=O) groups is 1. The number of esters is 1. The van der Waals surface area contributed by atoms with Gasteiger partial charge in [0.2, 0.25) is 0 Å². The van der Waals surface area contributed by atoms with Crippen molar-refractivity contribution in [3.63, 3.8) is 0 Å². The maximum absolute atomic E-state index is 12.7. The van der Waals surface area contributed by atoms with Gasteiger partial charge in [-0.25, -0.2) is 9.78 Å². The van der Waals surface area contributed by atoms with Gasteiger partial charge in [0.1, 0.15) is 12.4 Å². The molecular weight excluding hydrogens is 458 g/mol. The highest BCUT2D eigenvalue weighted by Gasteiger charge is 2.57. The zero-order valence-electron chi connectivity index (χ0n) is 21.8. The summed E-state index contributed by atoms with van der Waals surface area (Å²) in [6, 6.07) is 12.0. The van der Waals surface area contributed by atoms with Crippen LogP contribution in [0.5, 0.6) is 0 Å². The first-order valence-corrected chi connectivity index (χ1v) is 13.9. The molecule has 0 unspecified atom stereocenters. The van der Waals surface area contributed by atoms with E-state index in [9.17, 15) is 4.79 Å². The summed E-state index contributed by atoms with van der Waals surface area (Å²) < 4.78 is 8.32. The van der Waals surface area contributed by atoms with Crippen LogP contribution in [0, 0.1) is 28.6 Å². The second kappa shape index (κ2) is 8.41. The molecule has 37 heavy (non-hydrogen) atoms. The Morgan fingerprint density at radius 1 is 0.973 bits per heavy atom. The van der Waals surface area contributed by atoms with Crippen molar-refractivity contribution in [3.05, 3.63) is 78.4 Å². The number of benzene rings is 1. The van der Waals surface area contributed by atoms with E-state index in [1.165, 1.54) is 29.6 Å². The molecule has 0 N–H and O–H groups in total. The van der Waals surface area contributed by atoms with E-state index < -0.39 is 0 Å². The van der Waals surface area contributed by atoms with Crippen molar-refractivity contribution in [2.45, 2.75) is 64.9 Å². The highest BCUT2D eigenvalue weighted by Crippen LogP contribution is 2.65. The highest BCUT2D eigenvalue weighted by molar-refractivity contribution is 5.89. The number of nitrogens with zero attached hydrogens (tertiary/aromatic N) is 3. The summed E-state index contributed by atoms with van der Waals surface area (Å²) in [5.74, 6) is 1.84. The molecule has 0 aliphatic heterocycles. The lowest BCUT2D eigenvalue weighted by Gasteiger charge is -2.57. The summed E-state index contributed by atoms with van der Waals surface area (Å²) in [5.41, 5.74) is 6.26. The summed E-state index contributed by atoms with van der Waals surface area (Å²) in [7, 11) is 0. The second-order valence-corrected chi connectivity index (χ2v) is 12.1. The lowest BCUT2D eigenvalue weighted by Crippen LogP contribution is -2.50. The van der Waals surface area contributed by atoms with E-state index in [0.29, 0.717) is 23.3 Å². The topological polar surface area (TPSA) is 57.0 Å². The van der Waals surface area contributed by atoms with Gasteiger partial charge in [-0.2, -0.15) is 0 Å².